The summed E-state index contributed by atoms with van der Waals surface area (Å²) < 4.78 is 1.16. The van der Waals surface area contributed by atoms with Crippen LogP contribution >= 0.6 is 11.3 Å². The minimum atomic E-state index is 0.237. The average Bonchev–Trinajstić information content (AvgIpc) is 2.49. The molecule has 0 amide bonds. The molecule has 3 nitrogen and oxygen atoms in total. The molecule has 0 saturated carbocycles. The first kappa shape index (κ1) is 8.62. The minimum Gasteiger partial charge on any atom is -0.255 e. The highest BCUT2D eigenvalue weighted by molar-refractivity contribution is 7.19. The van der Waals surface area contributed by atoms with E-state index in [0.29, 0.717) is 0 Å². The first-order chi connectivity index (χ1) is 6.31. The van der Waals surface area contributed by atoms with Crippen molar-refractivity contribution in [3.63, 3.8) is 0 Å². The van der Waals surface area contributed by atoms with Gasteiger partial charge in [0.2, 0.25) is 0 Å². The molecule has 0 spiro atoms. The predicted octanol–water partition coefficient (Wildman–Crippen LogP) is 2.59. The molecule has 0 aliphatic rings. The monoisotopic (exact) mass is 195 g/mol. The summed E-state index contributed by atoms with van der Waals surface area (Å²) in [5.41, 5.74) is 2.18. The molecular formula is C9H9NO2S. The van der Waals surface area contributed by atoms with Crippen LogP contribution in [0.15, 0.2) is 18.3 Å². The number of aryl methyl sites for hydroxylation is 1. The Bertz CT molecular complexity index is 424. The number of rotatable bonds is 2. The van der Waals surface area contributed by atoms with E-state index in [1.807, 2.05) is 19.1 Å². The van der Waals surface area contributed by atoms with Gasteiger partial charge in [-0.05, 0) is 24.6 Å². The van der Waals surface area contributed by atoms with E-state index in [2.05, 4.69) is 9.87 Å². The largest absolute Gasteiger partial charge is 0.255 e. The molecule has 0 aliphatic carbocycles. The van der Waals surface area contributed by atoms with Gasteiger partial charge in [-0.15, -0.1) is 11.3 Å². The SMILES string of the molecule is Cc1ccnc2cc(COO)sc12. The predicted molar refractivity (Wildman–Crippen MR) is 51.8 cm³/mol. The molecule has 0 aromatic carbocycles. The van der Waals surface area contributed by atoms with Crippen LogP contribution in [0.4, 0.5) is 0 Å². The average molecular weight is 195 g/mol. The molecule has 0 bridgehead atoms. The standard InChI is InChI=1S/C9H9NO2S/c1-6-2-3-10-8-4-7(5-12-11)13-9(6)8/h2-4,11H,5H2,1H3. The van der Waals surface area contributed by atoms with E-state index in [-0.39, 0.29) is 6.61 Å². The van der Waals surface area contributed by atoms with Crippen molar-refractivity contribution in [3.05, 3.63) is 28.8 Å². The van der Waals surface area contributed by atoms with Gasteiger partial charge in [-0.1, -0.05) is 0 Å². The van der Waals surface area contributed by atoms with Gasteiger partial charge in [0.25, 0.3) is 0 Å². The second kappa shape index (κ2) is 3.41. The van der Waals surface area contributed by atoms with Crippen LogP contribution in [0.2, 0.25) is 0 Å². The molecule has 0 aliphatic heterocycles. The second-order valence-corrected chi connectivity index (χ2v) is 3.97. The summed E-state index contributed by atoms with van der Waals surface area (Å²) in [6.07, 6.45) is 1.79. The number of nitrogens with zero attached hydrogens (tertiary/aromatic N) is 1. The van der Waals surface area contributed by atoms with Crippen molar-refractivity contribution < 1.29 is 10.1 Å². The molecule has 0 atom stereocenters. The highest BCUT2D eigenvalue weighted by atomic mass is 32.1. The van der Waals surface area contributed by atoms with E-state index in [4.69, 9.17) is 5.26 Å². The molecule has 0 unspecified atom stereocenters. The lowest BCUT2D eigenvalue weighted by atomic mass is 10.3. The van der Waals surface area contributed by atoms with Crippen molar-refractivity contribution in [2.75, 3.05) is 0 Å². The molecule has 0 radical (unpaired) electrons. The van der Waals surface area contributed by atoms with E-state index in [1.165, 1.54) is 5.56 Å². The number of pyridine rings is 1. The summed E-state index contributed by atoms with van der Waals surface area (Å²) in [5, 5.41) is 8.30. The Balaban J connectivity index is 2.55. The molecule has 2 heterocycles. The Hall–Kier alpha value is -0.970. The van der Waals surface area contributed by atoms with Crippen molar-refractivity contribution >= 4 is 21.6 Å². The van der Waals surface area contributed by atoms with Gasteiger partial charge in [-0.2, -0.15) is 0 Å². The van der Waals surface area contributed by atoms with Crippen LogP contribution in [0, 0.1) is 6.92 Å². The van der Waals surface area contributed by atoms with E-state index < -0.39 is 0 Å². The molecule has 4 heteroatoms. The second-order valence-electron chi connectivity index (χ2n) is 2.83. The van der Waals surface area contributed by atoms with Crippen LogP contribution < -0.4 is 0 Å². The maximum Gasteiger partial charge on any atom is 0.116 e. The molecule has 68 valence electrons. The normalized spacial score (nSPS) is 10.9. The summed E-state index contributed by atoms with van der Waals surface area (Å²) in [4.78, 5) is 9.28. The molecule has 2 aromatic rings. The van der Waals surface area contributed by atoms with Gasteiger partial charge in [-0.25, -0.2) is 4.89 Å². The van der Waals surface area contributed by atoms with Crippen LogP contribution in [0.5, 0.6) is 0 Å². The summed E-state index contributed by atoms with van der Waals surface area (Å²) in [6, 6.07) is 3.91. The number of fused-ring (bicyclic) bond motifs is 1. The first-order valence-corrected chi connectivity index (χ1v) is 4.73. The zero-order valence-electron chi connectivity index (χ0n) is 7.15. The molecule has 2 aromatic heterocycles. The van der Waals surface area contributed by atoms with Crippen molar-refractivity contribution in [1.82, 2.24) is 4.98 Å². The fraction of sp³-hybridized carbons (Fsp3) is 0.222. The molecule has 2 rings (SSSR count). The van der Waals surface area contributed by atoms with Crippen molar-refractivity contribution in [1.29, 1.82) is 0 Å². The topological polar surface area (TPSA) is 42.4 Å². The smallest absolute Gasteiger partial charge is 0.116 e. The van der Waals surface area contributed by atoms with E-state index in [0.717, 1.165) is 15.1 Å². The molecule has 1 N–H and O–H groups in total. The van der Waals surface area contributed by atoms with Gasteiger partial charge < -0.3 is 0 Å². The lowest BCUT2D eigenvalue weighted by Crippen LogP contribution is -1.80. The summed E-state index contributed by atoms with van der Waals surface area (Å²) in [5.74, 6) is 0. The Kier molecular flexibility index (Phi) is 2.26. The summed E-state index contributed by atoms with van der Waals surface area (Å²) in [7, 11) is 0. The van der Waals surface area contributed by atoms with Gasteiger partial charge in [-0.3, -0.25) is 10.2 Å². The number of hydrogen-bond donors (Lipinski definition) is 1. The fourth-order valence-electron chi connectivity index (χ4n) is 1.25. The molecular weight excluding hydrogens is 186 g/mol. The summed E-state index contributed by atoms with van der Waals surface area (Å²) >= 11 is 1.60. The van der Waals surface area contributed by atoms with Gasteiger partial charge in [0, 0.05) is 11.1 Å². The van der Waals surface area contributed by atoms with Crippen LogP contribution in [0.1, 0.15) is 10.4 Å². The number of aromatic nitrogens is 1. The maximum atomic E-state index is 8.30. The highest BCUT2D eigenvalue weighted by Crippen LogP contribution is 2.26. The van der Waals surface area contributed by atoms with Gasteiger partial charge in [0.05, 0.1) is 10.2 Å². The van der Waals surface area contributed by atoms with Crippen molar-refractivity contribution in [3.8, 4) is 0 Å². The third kappa shape index (κ3) is 1.56. The third-order valence-corrected chi connectivity index (χ3v) is 3.10. The van der Waals surface area contributed by atoms with Crippen molar-refractivity contribution in [2.45, 2.75) is 13.5 Å². The quantitative estimate of drug-likeness (QED) is 0.591. The first-order valence-electron chi connectivity index (χ1n) is 3.91. The Morgan fingerprint density at radius 3 is 3.15 bits per heavy atom. The fourth-order valence-corrected chi connectivity index (χ4v) is 2.24. The zero-order valence-corrected chi connectivity index (χ0v) is 7.97. The van der Waals surface area contributed by atoms with Crippen LogP contribution in [0.25, 0.3) is 10.2 Å². The molecule has 0 saturated heterocycles. The van der Waals surface area contributed by atoms with Gasteiger partial charge in [0.1, 0.15) is 6.61 Å². The molecule has 0 fully saturated rings. The molecule has 13 heavy (non-hydrogen) atoms. The highest BCUT2D eigenvalue weighted by Gasteiger charge is 2.04. The number of thiophene rings is 1. The minimum absolute atomic E-state index is 0.237. The van der Waals surface area contributed by atoms with E-state index >= 15 is 0 Å². The van der Waals surface area contributed by atoms with Crippen LogP contribution in [-0.4, -0.2) is 10.2 Å². The summed E-state index contributed by atoms with van der Waals surface area (Å²) in [6.45, 7) is 2.28. The van der Waals surface area contributed by atoms with Crippen LogP contribution in [0.3, 0.4) is 0 Å². The maximum absolute atomic E-state index is 8.30. The third-order valence-electron chi connectivity index (χ3n) is 1.87. The lowest BCUT2D eigenvalue weighted by molar-refractivity contribution is -0.252. The van der Waals surface area contributed by atoms with Gasteiger partial charge in [0.15, 0.2) is 0 Å². The lowest BCUT2D eigenvalue weighted by Gasteiger charge is -1.91. The van der Waals surface area contributed by atoms with Crippen molar-refractivity contribution in [2.24, 2.45) is 0 Å². The Morgan fingerprint density at radius 2 is 2.46 bits per heavy atom. The Morgan fingerprint density at radius 1 is 1.62 bits per heavy atom. The van der Waals surface area contributed by atoms with E-state index in [1.54, 1.807) is 17.5 Å². The number of hydrogen-bond acceptors (Lipinski definition) is 4. The zero-order chi connectivity index (χ0) is 9.26. The van der Waals surface area contributed by atoms with Crippen LogP contribution in [-0.2, 0) is 11.5 Å². The Labute approximate surface area is 79.5 Å². The van der Waals surface area contributed by atoms with Gasteiger partial charge >= 0.3 is 0 Å². The van der Waals surface area contributed by atoms with E-state index in [9.17, 15) is 0 Å².